The molecule has 1 aliphatic carbocycles. The molecule has 2 nitrogen and oxygen atoms in total. The molecule has 0 saturated heterocycles. The molecule has 1 saturated carbocycles. The minimum Gasteiger partial charge on any atom is -0.466 e. The van der Waals surface area contributed by atoms with Crippen molar-refractivity contribution in [2.75, 3.05) is 13.3 Å². The van der Waals surface area contributed by atoms with Gasteiger partial charge < -0.3 is 4.74 Å². The molecule has 0 aliphatic heterocycles. The van der Waals surface area contributed by atoms with E-state index in [0.29, 0.717) is 13.0 Å². The first-order chi connectivity index (χ1) is 7.74. The van der Waals surface area contributed by atoms with Gasteiger partial charge >= 0.3 is 5.97 Å². The molecule has 0 radical (unpaired) electrons. The molecule has 1 aliphatic rings. The molecule has 16 heavy (non-hydrogen) atoms. The second kappa shape index (κ2) is 4.24. The number of halogens is 1. The van der Waals surface area contributed by atoms with Gasteiger partial charge in [0.15, 0.2) is 0 Å². The monoisotopic (exact) mass is 222 g/mol. The molecular formula is C13H15FO2. The highest BCUT2D eigenvalue weighted by atomic mass is 19.1. The van der Waals surface area contributed by atoms with Crippen LogP contribution >= 0.6 is 0 Å². The molecule has 0 N–H and O–H groups in total. The fourth-order valence-electron chi connectivity index (χ4n) is 2.17. The largest absolute Gasteiger partial charge is 0.466 e. The number of alkyl halides is 1. The van der Waals surface area contributed by atoms with Crippen LogP contribution in [-0.4, -0.2) is 19.3 Å². The predicted octanol–water partition coefficient (Wildman–Crippen LogP) is 2.48. The summed E-state index contributed by atoms with van der Waals surface area (Å²) in [6.45, 7) is 1.62. The van der Waals surface area contributed by atoms with Gasteiger partial charge in [-0.2, -0.15) is 0 Å². The average molecular weight is 222 g/mol. The summed E-state index contributed by atoms with van der Waals surface area (Å²) in [5, 5.41) is 0. The molecule has 1 fully saturated rings. The lowest BCUT2D eigenvalue weighted by Gasteiger charge is -2.12. The summed E-state index contributed by atoms with van der Waals surface area (Å²) >= 11 is 0. The second-order valence-corrected chi connectivity index (χ2v) is 4.16. The minimum atomic E-state index is -0.618. The van der Waals surface area contributed by atoms with Crippen LogP contribution in [0.5, 0.6) is 0 Å². The van der Waals surface area contributed by atoms with Gasteiger partial charge in [-0.05, 0) is 18.9 Å². The summed E-state index contributed by atoms with van der Waals surface area (Å²) < 4.78 is 18.1. The normalized spacial score (nSPS) is 27.5. The Kier molecular flexibility index (Phi) is 2.95. The lowest BCUT2D eigenvalue weighted by molar-refractivity contribution is -0.145. The van der Waals surface area contributed by atoms with E-state index in [1.165, 1.54) is 0 Å². The molecule has 0 unspecified atom stereocenters. The van der Waals surface area contributed by atoms with Crippen LogP contribution < -0.4 is 0 Å². The zero-order chi connectivity index (χ0) is 11.6. The maximum absolute atomic E-state index is 13.2. The summed E-state index contributed by atoms with van der Waals surface area (Å²) in [4.78, 5) is 11.6. The number of ether oxygens (including phenoxy) is 1. The standard InChI is InChI=1S/C13H15FO2/c1-2-16-12(15)11-8-13(11,9-14)10-6-4-3-5-7-10/h3-7,11H,2,8-9H2,1H3/t11-,13+/m1/s1. The molecule has 0 bridgehead atoms. The van der Waals surface area contributed by atoms with Crippen molar-refractivity contribution in [1.82, 2.24) is 0 Å². The van der Waals surface area contributed by atoms with Crippen LogP contribution in [0.2, 0.25) is 0 Å². The van der Waals surface area contributed by atoms with E-state index in [1.807, 2.05) is 30.3 Å². The van der Waals surface area contributed by atoms with Crippen molar-refractivity contribution >= 4 is 5.97 Å². The highest BCUT2D eigenvalue weighted by Gasteiger charge is 2.60. The van der Waals surface area contributed by atoms with Crippen molar-refractivity contribution in [2.45, 2.75) is 18.8 Å². The molecular weight excluding hydrogens is 207 g/mol. The Hall–Kier alpha value is -1.38. The fourth-order valence-corrected chi connectivity index (χ4v) is 2.17. The smallest absolute Gasteiger partial charge is 0.309 e. The molecule has 0 aromatic heterocycles. The Balaban J connectivity index is 2.17. The predicted molar refractivity (Wildman–Crippen MR) is 58.8 cm³/mol. The van der Waals surface area contributed by atoms with E-state index in [-0.39, 0.29) is 11.9 Å². The summed E-state index contributed by atoms with van der Waals surface area (Å²) in [5.41, 5.74) is 0.281. The molecule has 0 spiro atoms. The Labute approximate surface area is 94.4 Å². The SMILES string of the molecule is CCOC(=O)[C@H]1C[C@]1(CF)c1ccccc1. The van der Waals surface area contributed by atoms with Crippen LogP contribution in [0.25, 0.3) is 0 Å². The van der Waals surface area contributed by atoms with E-state index in [9.17, 15) is 9.18 Å². The van der Waals surface area contributed by atoms with Crippen molar-refractivity contribution in [3.63, 3.8) is 0 Å². The van der Waals surface area contributed by atoms with Gasteiger partial charge in [-0.25, -0.2) is 0 Å². The van der Waals surface area contributed by atoms with Gasteiger partial charge in [0.2, 0.25) is 0 Å². The number of rotatable bonds is 4. The topological polar surface area (TPSA) is 26.3 Å². The quantitative estimate of drug-likeness (QED) is 0.731. The number of hydrogen-bond donors (Lipinski definition) is 0. The third kappa shape index (κ3) is 1.70. The van der Waals surface area contributed by atoms with Crippen LogP contribution in [0.3, 0.4) is 0 Å². The van der Waals surface area contributed by atoms with E-state index >= 15 is 0 Å². The number of carbonyl (C=O) groups excluding carboxylic acids is 1. The van der Waals surface area contributed by atoms with Crippen LogP contribution in [0.15, 0.2) is 30.3 Å². The van der Waals surface area contributed by atoms with E-state index in [2.05, 4.69) is 0 Å². The Morgan fingerprint density at radius 3 is 2.75 bits per heavy atom. The summed E-state index contributed by atoms with van der Waals surface area (Å²) in [5.74, 6) is -0.580. The highest BCUT2D eigenvalue weighted by Crippen LogP contribution is 2.55. The number of carbonyl (C=O) groups is 1. The van der Waals surface area contributed by atoms with Crippen molar-refractivity contribution in [1.29, 1.82) is 0 Å². The Bertz CT molecular complexity index is 377. The van der Waals surface area contributed by atoms with E-state index < -0.39 is 12.1 Å². The van der Waals surface area contributed by atoms with Crippen molar-refractivity contribution in [3.8, 4) is 0 Å². The van der Waals surface area contributed by atoms with Gasteiger partial charge in [-0.1, -0.05) is 30.3 Å². The highest BCUT2D eigenvalue weighted by molar-refractivity contribution is 5.79. The molecule has 1 aromatic rings. The van der Waals surface area contributed by atoms with Gasteiger partial charge in [-0.15, -0.1) is 0 Å². The minimum absolute atomic E-state index is 0.274. The molecule has 2 atom stereocenters. The first kappa shape index (κ1) is 11.1. The van der Waals surface area contributed by atoms with Gasteiger partial charge in [-0.3, -0.25) is 9.18 Å². The average Bonchev–Trinajstić information content (AvgIpc) is 3.07. The van der Waals surface area contributed by atoms with Crippen LogP contribution in [0.1, 0.15) is 18.9 Å². The van der Waals surface area contributed by atoms with Crippen molar-refractivity contribution in [2.24, 2.45) is 5.92 Å². The summed E-state index contributed by atoms with van der Waals surface area (Å²) in [7, 11) is 0. The lowest BCUT2D eigenvalue weighted by atomic mass is 9.95. The number of benzene rings is 1. The summed E-state index contributed by atoms with van der Waals surface area (Å²) in [6.07, 6.45) is 0.562. The Morgan fingerprint density at radius 1 is 1.50 bits per heavy atom. The first-order valence-corrected chi connectivity index (χ1v) is 5.52. The molecule has 2 rings (SSSR count). The molecule has 0 amide bonds. The zero-order valence-corrected chi connectivity index (χ0v) is 9.28. The maximum atomic E-state index is 13.2. The van der Waals surface area contributed by atoms with Crippen LogP contribution in [-0.2, 0) is 14.9 Å². The second-order valence-electron chi connectivity index (χ2n) is 4.16. The van der Waals surface area contributed by atoms with Crippen LogP contribution in [0.4, 0.5) is 4.39 Å². The number of hydrogen-bond acceptors (Lipinski definition) is 2. The third-order valence-corrected chi connectivity index (χ3v) is 3.23. The van der Waals surface area contributed by atoms with Gasteiger partial charge in [0.1, 0.15) is 0 Å². The van der Waals surface area contributed by atoms with Crippen molar-refractivity contribution < 1.29 is 13.9 Å². The molecule has 86 valence electrons. The van der Waals surface area contributed by atoms with E-state index in [1.54, 1.807) is 6.92 Å². The maximum Gasteiger partial charge on any atom is 0.309 e. The first-order valence-electron chi connectivity index (χ1n) is 5.52. The fraction of sp³-hybridized carbons (Fsp3) is 0.462. The molecule has 0 heterocycles. The third-order valence-electron chi connectivity index (χ3n) is 3.23. The number of esters is 1. The van der Waals surface area contributed by atoms with Gasteiger partial charge in [0.25, 0.3) is 0 Å². The van der Waals surface area contributed by atoms with Crippen molar-refractivity contribution in [3.05, 3.63) is 35.9 Å². The molecule has 1 aromatic carbocycles. The zero-order valence-electron chi connectivity index (χ0n) is 9.28. The Morgan fingerprint density at radius 2 is 2.19 bits per heavy atom. The lowest BCUT2D eigenvalue weighted by Crippen LogP contribution is -2.19. The summed E-state index contributed by atoms with van der Waals surface area (Å²) in [6, 6.07) is 9.37. The molecule has 3 heteroatoms. The van der Waals surface area contributed by atoms with Gasteiger partial charge in [0, 0.05) is 5.41 Å². The van der Waals surface area contributed by atoms with Gasteiger partial charge in [0.05, 0.1) is 19.2 Å². The van der Waals surface area contributed by atoms with Crippen LogP contribution in [0, 0.1) is 5.92 Å². The van der Waals surface area contributed by atoms with E-state index in [4.69, 9.17) is 4.74 Å². The van der Waals surface area contributed by atoms with E-state index in [0.717, 1.165) is 5.56 Å².